The van der Waals surface area contributed by atoms with Gasteiger partial charge in [0, 0.05) is 37.4 Å². The summed E-state index contributed by atoms with van der Waals surface area (Å²) in [6.45, 7) is 4.63. The Hall–Kier alpha value is -2.80. The summed E-state index contributed by atoms with van der Waals surface area (Å²) in [6, 6.07) is 10.4. The van der Waals surface area contributed by atoms with Crippen LogP contribution in [-0.2, 0) is 4.79 Å². The third kappa shape index (κ3) is 4.14. The van der Waals surface area contributed by atoms with E-state index in [4.69, 9.17) is 9.47 Å². The number of carboxylic acid groups (broad SMARTS) is 1. The third-order valence-electron chi connectivity index (χ3n) is 4.84. The molecule has 1 atom stereocenters. The molecule has 2 heterocycles. The summed E-state index contributed by atoms with van der Waals surface area (Å²) >= 11 is 0. The topological polar surface area (TPSA) is 75.1 Å². The van der Waals surface area contributed by atoms with Crippen molar-refractivity contribution in [3.05, 3.63) is 47.7 Å². The predicted molar refractivity (Wildman–Crippen MR) is 103 cm³/mol. The molecule has 0 amide bonds. The van der Waals surface area contributed by atoms with E-state index in [1.165, 1.54) is 0 Å². The number of carboxylic acids is 1. The molecule has 1 aliphatic heterocycles. The third-order valence-corrected chi connectivity index (χ3v) is 4.84. The molecule has 0 aliphatic carbocycles. The molecule has 1 saturated heterocycles. The van der Waals surface area contributed by atoms with Crippen LogP contribution in [0.1, 0.15) is 17.3 Å². The molecule has 144 valence electrons. The van der Waals surface area contributed by atoms with E-state index in [0.29, 0.717) is 43.2 Å². The van der Waals surface area contributed by atoms with Crippen LogP contribution in [0.4, 0.5) is 5.82 Å². The first-order valence-electron chi connectivity index (χ1n) is 8.91. The standard InChI is InChI=1S/C20H25N3O4/c1-14-5-4-6-18(21-14)22-9-11-23(12-10-22)19(20(24)25)16-13-15(26-2)7-8-17(16)27-3/h4-8,13,19H,9-12H2,1-3H3,(H,24,25)/t19-/m0/s1. The van der Waals surface area contributed by atoms with Crippen LogP contribution in [0.15, 0.2) is 36.4 Å². The number of anilines is 1. The van der Waals surface area contributed by atoms with E-state index >= 15 is 0 Å². The quantitative estimate of drug-likeness (QED) is 0.835. The van der Waals surface area contributed by atoms with E-state index in [1.807, 2.05) is 30.0 Å². The lowest BCUT2D eigenvalue weighted by molar-refractivity contribution is -0.143. The summed E-state index contributed by atoms with van der Waals surface area (Å²) in [5.41, 5.74) is 1.57. The molecule has 7 heteroatoms. The zero-order valence-corrected chi connectivity index (χ0v) is 15.9. The van der Waals surface area contributed by atoms with Crippen LogP contribution in [-0.4, -0.2) is 61.4 Å². The van der Waals surface area contributed by atoms with Gasteiger partial charge in [-0.3, -0.25) is 9.69 Å². The highest BCUT2D eigenvalue weighted by Crippen LogP contribution is 2.33. The molecule has 1 aromatic carbocycles. The lowest BCUT2D eigenvalue weighted by Crippen LogP contribution is -2.49. The second-order valence-corrected chi connectivity index (χ2v) is 6.51. The van der Waals surface area contributed by atoms with Crippen LogP contribution in [0.2, 0.25) is 0 Å². The van der Waals surface area contributed by atoms with Crippen LogP contribution in [0, 0.1) is 6.92 Å². The fourth-order valence-electron chi connectivity index (χ4n) is 3.45. The Kier molecular flexibility index (Phi) is 5.81. The Morgan fingerprint density at radius 2 is 1.85 bits per heavy atom. The maximum absolute atomic E-state index is 12.1. The molecule has 1 N–H and O–H groups in total. The molecule has 0 spiro atoms. The van der Waals surface area contributed by atoms with Crippen molar-refractivity contribution in [1.29, 1.82) is 0 Å². The summed E-state index contributed by atoms with van der Waals surface area (Å²) < 4.78 is 10.7. The first-order chi connectivity index (χ1) is 13.0. The van der Waals surface area contributed by atoms with Gasteiger partial charge in [0.1, 0.15) is 23.4 Å². The van der Waals surface area contributed by atoms with Crippen molar-refractivity contribution < 1.29 is 19.4 Å². The van der Waals surface area contributed by atoms with Crippen LogP contribution in [0.25, 0.3) is 0 Å². The van der Waals surface area contributed by atoms with Gasteiger partial charge in [0.25, 0.3) is 0 Å². The smallest absolute Gasteiger partial charge is 0.325 e. The van der Waals surface area contributed by atoms with Crippen molar-refractivity contribution in [2.24, 2.45) is 0 Å². The molecule has 1 aliphatic rings. The van der Waals surface area contributed by atoms with Crippen LogP contribution in [0.5, 0.6) is 11.5 Å². The number of nitrogens with zero attached hydrogens (tertiary/aromatic N) is 3. The summed E-state index contributed by atoms with van der Waals surface area (Å²) in [5, 5.41) is 9.92. The molecule has 1 fully saturated rings. The normalized spacial score (nSPS) is 16.0. The summed E-state index contributed by atoms with van der Waals surface area (Å²) in [7, 11) is 3.11. The van der Waals surface area contributed by atoms with Gasteiger partial charge in [-0.25, -0.2) is 4.98 Å². The van der Waals surface area contributed by atoms with Crippen LogP contribution >= 0.6 is 0 Å². The first kappa shape index (κ1) is 19.0. The number of aromatic nitrogens is 1. The van der Waals surface area contributed by atoms with Gasteiger partial charge in [-0.1, -0.05) is 6.07 Å². The SMILES string of the molecule is COc1ccc(OC)c([C@@H](C(=O)O)N2CCN(c3cccc(C)n3)CC2)c1. The average Bonchev–Trinajstić information content (AvgIpc) is 2.68. The van der Waals surface area contributed by atoms with Crippen LogP contribution < -0.4 is 14.4 Å². The number of methoxy groups -OCH3 is 2. The molecule has 0 saturated carbocycles. The van der Waals surface area contributed by atoms with Gasteiger partial charge >= 0.3 is 5.97 Å². The number of rotatable bonds is 6. The predicted octanol–water partition coefficient (Wildman–Crippen LogP) is 2.36. The molecule has 2 aromatic rings. The van der Waals surface area contributed by atoms with Gasteiger partial charge in [-0.15, -0.1) is 0 Å². The molecular weight excluding hydrogens is 346 g/mol. The van der Waals surface area contributed by atoms with E-state index in [1.54, 1.807) is 32.4 Å². The van der Waals surface area contributed by atoms with E-state index < -0.39 is 12.0 Å². The summed E-state index contributed by atoms with van der Waals surface area (Å²) in [5.74, 6) is 1.19. The van der Waals surface area contributed by atoms with Crippen molar-refractivity contribution in [2.75, 3.05) is 45.3 Å². The van der Waals surface area contributed by atoms with E-state index in [-0.39, 0.29) is 0 Å². The van der Waals surface area contributed by atoms with Gasteiger partial charge in [0.15, 0.2) is 0 Å². The molecular formula is C20H25N3O4. The molecule has 1 aromatic heterocycles. The van der Waals surface area contributed by atoms with E-state index in [2.05, 4.69) is 9.88 Å². The summed E-state index contributed by atoms with van der Waals surface area (Å²) in [4.78, 5) is 20.8. The second-order valence-electron chi connectivity index (χ2n) is 6.51. The fourth-order valence-corrected chi connectivity index (χ4v) is 3.45. The van der Waals surface area contributed by atoms with Gasteiger partial charge in [-0.05, 0) is 37.3 Å². The number of pyridine rings is 1. The largest absolute Gasteiger partial charge is 0.497 e. The van der Waals surface area contributed by atoms with Crippen molar-refractivity contribution in [3.63, 3.8) is 0 Å². The molecule has 7 nitrogen and oxygen atoms in total. The molecule has 0 bridgehead atoms. The van der Waals surface area contributed by atoms with Gasteiger partial charge in [0.2, 0.25) is 0 Å². The number of piperazine rings is 1. The number of ether oxygens (including phenoxy) is 2. The first-order valence-corrected chi connectivity index (χ1v) is 8.91. The number of benzene rings is 1. The minimum Gasteiger partial charge on any atom is -0.497 e. The Bertz CT molecular complexity index is 804. The molecule has 0 radical (unpaired) electrons. The van der Waals surface area contributed by atoms with Gasteiger partial charge in [0.05, 0.1) is 14.2 Å². The van der Waals surface area contributed by atoms with E-state index in [0.717, 1.165) is 11.5 Å². The summed E-state index contributed by atoms with van der Waals surface area (Å²) in [6.07, 6.45) is 0. The minimum atomic E-state index is -0.899. The Morgan fingerprint density at radius 3 is 2.44 bits per heavy atom. The number of aryl methyl sites for hydroxylation is 1. The number of hydrogen-bond donors (Lipinski definition) is 1. The highest BCUT2D eigenvalue weighted by atomic mass is 16.5. The van der Waals surface area contributed by atoms with Crippen molar-refractivity contribution >= 4 is 11.8 Å². The Labute approximate surface area is 159 Å². The van der Waals surface area contributed by atoms with Crippen molar-refractivity contribution in [2.45, 2.75) is 13.0 Å². The lowest BCUT2D eigenvalue weighted by Gasteiger charge is -2.38. The Morgan fingerprint density at radius 1 is 1.11 bits per heavy atom. The Balaban J connectivity index is 1.81. The van der Waals surface area contributed by atoms with Gasteiger partial charge < -0.3 is 19.5 Å². The maximum Gasteiger partial charge on any atom is 0.325 e. The highest BCUT2D eigenvalue weighted by Gasteiger charge is 2.33. The zero-order chi connectivity index (χ0) is 19.4. The zero-order valence-electron chi connectivity index (χ0n) is 15.9. The van der Waals surface area contributed by atoms with E-state index in [9.17, 15) is 9.90 Å². The minimum absolute atomic E-state index is 0.547. The fraction of sp³-hybridized carbons (Fsp3) is 0.400. The number of hydrogen-bond acceptors (Lipinski definition) is 6. The van der Waals surface area contributed by atoms with Crippen molar-refractivity contribution in [1.82, 2.24) is 9.88 Å². The monoisotopic (exact) mass is 371 g/mol. The molecule has 27 heavy (non-hydrogen) atoms. The van der Waals surface area contributed by atoms with Crippen LogP contribution in [0.3, 0.4) is 0 Å². The number of aliphatic carboxylic acids is 1. The number of carbonyl (C=O) groups is 1. The molecule has 3 rings (SSSR count). The second kappa shape index (κ2) is 8.26. The highest BCUT2D eigenvalue weighted by molar-refractivity contribution is 5.77. The maximum atomic E-state index is 12.1. The van der Waals surface area contributed by atoms with Gasteiger partial charge in [-0.2, -0.15) is 0 Å². The lowest BCUT2D eigenvalue weighted by atomic mass is 10.0. The van der Waals surface area contributed by atoms with Crippen molar-refractivity contribution in [3.8, 4) is 11.5 Å². The average molecular weight is 371 g/mol. The molecule has 0 unspecified atom stereocenters.